The number of hydrogen-bond acceptors (Lipinski definition) is 1. The highest BCUT2D eigenvalue weighted by atomic mass is 32.1. The third kappa shape index (κ3) is 0.904. The van der Waals surface area contributed by atoms with Crippen LogP contribution in [0.25, 0.3) is 0 Å². The number of hydrogen-bond donors (Lipinski definition) is 1. The second kappa shape index (κ2) is 1.95. The predicted octanol–water partition coefficient (Wildman–Crippen LogP) is 2.19. The van der Waals surface area contributed by atoms with E-state index in [1.54, 1.807) is 0 Å². The lowest BCUT2D eigenvalue weighted by atomic mass is 10.5. The van der Waals surface area contributed by atoms with Crippen molar-refractivity contribution in [3.8, 4) is 0 Å². The van der Waals surface area contributed by atoms with Gasteiger partial charge in [-0.2, -0.15) is 0 Å². The van der Waals surface area contributed by atoms with Gasteiger partial charge in [-0.15, -0.1) is 0 Å². The van der Waals surface area contributed by atoms with Crippen molar-refractivity contribution in [2.75, 3.05) is 0 Å². The van der Waals surface area contributed by atoms with Gasteiger partial charge in [0, 0.05) is 17.9 Å². The summed E-state index contributed by atoms with van der Waals surface area (Å²) in [6.07, 6.45) is 4.69. The lowest BCUT2D eigenvalue weighted by Gasteiger charge is -1.93. The van der Waals surface area contributed by atoms with Crippen molar-refractivity contribution in [3.63, 3.8) is 0 Å². The van der Waals surface area contributed by atoms with Crippen molar-refractivity contribution in [3.05, 3.63) is 16.7 Å². The van der Waals surface area contributed by atoms with Crippen molar-refractivity contribution in [1.29, 1.82) is 0 Å². The summed E-state index contributed by atoms with van der Waals surface area (Å²) >= 11 is 5.10. The molecule has 1 aromatic rings. The average molecular weight is 154 g/mol. The summed E-state index contributed by atoms with van der Waals surface area (Å²) in [7, 11) is 0. The molecule has 54 valence electrons. The number of H-pyrrole nitrogens is 1. The molecule has 3 heteroatoms. The first-order valence-corrected chi connectivity index (χ1v) is 3.96. The molecule has 0 amide bonds. The molecule has 1 heterocycles. The van der Waals surface area contributed by atoms with Crippen molar-refractivity contribution in [1.82, 2.24) is 9.55 Å². The van der Waals surface area contributed by atoms with E-state index in [1.807, 2.05) is 6.92 Å². The predicted molar refractivity (Wildman–Crippen MR) is 42.6 cm³/mol. The maximum absolute atomic E-state index is 5.10. The Bertz CT molecular complexity index is 293. The fourth-order valence-corrected chi connectivity index (χ4v) is 1.52. The number of aromatic amines is 1. The topological polar surface area (TPSA) is 20.7 Å². The molecule has 1 saturated carbocycles. The van der Waals surface area contributed by atoms with E-state index in [2.05, 4.69) is 15.7 Å². The summed E-state index contributed by atoms with van der Waals surface area (Å²) in [5.74, 6) is 0. The second-order valence-electron chi connectivity index (χ2n) is 2.88. The minimum Gasteiger partial charge on any atom is -0.335 e. The zero-order valence-electron chi connectivity index (χ0n) is 5.92. The Morgan fingerprint density at radius 1 is 1.70 bits per heavy atom. The van der Waals surface area contributed by atoms with E-state index in [0.717, 1.165) is 10.5 Å². The molecule has 0 atom stereocenters. The van der Waals surface area contributed by atoms with Crippen LogP contribution in [-0.2, 0) is 0 Å². The largest absolute Gasteiger partial charge is 0.335 e. The normalized spacial score (nSPS) is 17.7. The Hall–Kier alpha value is -0.570. The quantitative estimate of drug-likeness (QED) is 0.615. The molecule has 0 aliphatic heterocycles. The standard InChI is InChI=1S/C7H10N2S/c1-5-4-9(6-2-3-6)7(10)8-5/h4,6H,2-3H2,1H3,(H,8,10). The van der Waals surface area contributed by atoms with E-state index in [-0.39, 0.29) is 0 Å². The van der Waals surface area contributed by atoms with E-state index >= 15 is 0 Å². The number of nitrogens with one attached hydrogen (secondary N) is 1. The van der Waals surface area contributed by atoms with Crippen molar-refractivity contribution in [2.24, 2.45) is 0 Å². The fraction of sp³-hybridized carbons (Fsp3) is 0.571. The molecule has 10 heavy (non-hydrogen) atoms. The zero-order valence-corrected chi connectivity index (χ0v) is 6.74. The van der Waals surface area contributed by atoms with Gasteiger partial charge in [0.05, 0.1) is 0 Å². The molecular formula is C7H10N2S. The molecule has 0 unspecified atom stereocenters. The number of rotatable bonds is 1. The molecule has 0 aromatic carbocycles. The van der Waals surface area contributed by atoms with Crippen LogP contribution >= 0.6 is 12.2 Å². The Kier molecular flexibility index (Phi) is 1.20. The Morgan fingerprint density at radius 2 is 2.40 bits per heavy atom. The highest BCUT2D eigenvalue weighted by Crippen LogP contribution is 2.34. The van der Waals surface area contributed by atoms with Crippen molar-refractivity contribution < 1.29 is 0 Å². The van der Waals surface area contributed by atoms with Crippen LogP contribution in [-0.4, -0.2) is 9.55 Å². The monoisotopic (exact) mass is 154 g/mol. The van der Waals surface area contributed by atoms with Gasteiger partial charge in [0.15, 0.2) is 4.77 Å². The van der Waals surface area contributed by atoms with E-state index < -0.39 is 0 Å². The van der Waals surface area contributed by atoms with E-state index in [0.29, 0.717) is 6.04 Å². The van der Waals surface area contributed by atoms with Crippen molar-refractivity contribution >= 4 is 12.2 Å². The van der Waals surface area contributed by atoms with Crippen LogP contribution in [0.2, 0.25) is 0 Å². The first kappa shape index (κ1) is 6.16. The van der Waals surface area contributed by atoms with E-state index in [9.17, 15) is 0 Å². The highest BCUT2D eigenvalue weighted by Gasteiger charge is 2.23. The molecule has 1 N–H and O–H groups in total. The van der Waals surface area contributed by atoms with Crippen molar-refractivity contribution in [2.45, 2.75) is 25.8 Å². The van der Waals surface area contributed by atoms with Crippen LogP contribution in [0.4, 0.5) is 0 Å². The van der Waals surface area contributed by atoms with Crippen LogP contribution in [0, 0.1) is 11.7 Å². The van der Waals surface area contributed by atoms with Crippen LogP contribution < -0.4 is 0 Å². The van der Waals surface area contributed by atoms with Gasteiger partial charge in [-0.1, -0.05) is 0 Å². The molecule has 0 radical (unpaired) electrons. The van der Waals surface area contributed by atoms with Crippen LogP contribution in [0.15, 0.2) is 6.20 Å². The summed E-state index contributed by atoms with van der Waals surface area (Å²) in [5.41, 5.74) is 1.16. The molecule has 0 spiro atoms. The Labute approximate surface area is 64.9 Å². The minimum atomic E-state index is 0.706. The van der Waals surface area contributed by atoms with Gasteiger partial charge < -0.3 is 9.55 Å². The lowest BCUT2D eigenvalue weighted by Crippen LogP contribution is -1.89. The van der Waals surface area contributed by atoms with Gasteiger partial charge in [0.25, 0.3) is 0 Å². The van der Waals surface area contributed by atoms with Crippen LogP contribution in [0.3, 0.4) is 0 Å². The Balaban J connectivity index is 2.48. The summed E-state index contributed by atoms with van der Waals surface area (Å²) in [5, 5.41) is 0. The summed E-state index contributed by atoms with van der Waals surface area (Å²) < 4.78 is 3.03. The molecule has 1 aliphatic carbocycles. The zero-order chi connectivity index (χ0) is 7.14. The lowest BCUT2D eigenvalue weighted by molar-refractivity contribution is 0.728. The molecule has 1 fully saturated rings. The van der Waals surface area contributed by atoms with E-state index in [1.165, 1.54) is 12.8 Å². The Morgan fingerprint density at radius 3 is 2.80 bits per heavy atom. The summed E-state index contributed by atoms with van der Waals surface area (Å²) in [6, 6.07) is 0.706. The van der Waals surface area contributed by atoms with Crippen LogP contribution in [0.1, 0.15) is 24.6 Å². The highest BCUT2D eigenvalue weighted by molar-refractivity contribution is 7.71. The first-order chi connectivity index (χ1) is 4.77. The van der Waals surface area contributed by atoms with Gasteiger partial charge in [-0.05, 0) is 32.0 Å². The van der Waals surface area contributed by atoms with Gasteiger partial charge in [0.1, 0.15) is 0 Å². The molecule has 1 aromatic heterocycles. The van der Waals surface area contributed by atoms with E-state index in [4.69, 9.17) is 12.2 Å². The van der Waals surface area contributed by atoms with Gasteiger partial charge in [0.2, 0.25) is 0 Å². The number of aryl methyl sites for hydroxylation is 1. The second-order valence-corrected chi connectivity index (χ2v) is 3.27. The number of aromatic nitrogens is 2. The van der Waals surface area contributed by atoms with Gasteiger partial charge in [-0.25, -0.2) is 0 Å². The maximum atomic E-state index is 5.10. The summed E-state index contributed by atoms with van der Waals surface area (Å²) in [6.45, 7) is 2.04. The maximum Gasteiger partial charge on any atom is 0.177 e. The molecule has 1 aliphatic rings. The fourth-order valence-electron chi connectivity index (χ4n) is 1.16. The summed E-state index contributed by atoms with van der Waals surface area (Å²) in [4.78, 5) is 3.11. The van der Waals surface area contributed by atoms with Gasteiger partial charge >= 0.3 is 0 Å². The van der Waals surface area contributed by atoms with Gasteiger partial charge in [-0.3, -0.25) is 0 Å². The molecule has 0 bridgehead atoms. The minimum absolute atomic E-state index is 0.706. The number of imidazole rings is 1. The molecular weight excluding hydrogens is 144 g/mol. The molecule has 0 saturated heterocycles. The third-order valence-electron chi connectivity index (χ3n) is 1.81. The van der Waals surface area contributed by atoms with Crippen LogP contribution in [0.5, 0.6) is 0 Å². The SMILES string of the molecule is Cc1cn(C2CC2)c(=S)[nH]1. The number of nitrogens with zero attached hydrogens (tertiary/aromatic N) is 1. The molecule has 2 nitrogen and oxygen atoms in total. The smallest absolute Gasteiger partial charge is 0.177 e. The third-order valence-corrected chi connectivity index (χ3v) is 2.12. The first-order valence-electron chi connectivity index (χ1n) is 3.55. The molecule has 2 rings (SSSR count). The average Bonchev–Trinajstić information content (AvgIpc) is 2.61.